The van der Waals surface area contributed by atoms with Gasteiger partial charge in [-0.15, -0.1) is 0 Å². The number of carbonyl (C=O) groups is 1. The highest BCUT2D eigenvalue weighted by atomic mass is 31.3. The van der Waals surface area contributed by atoms with Crippen LogP contribution in [0.1, 0.15) is 225 Å². The van der Waals surface area contributed by atoms with Gasteiger partial charge in [0.05, 0.1) is 19.3 Å². The first kappa shape index (κ1) is 80.6. The fourth-order valence-electron chi connectivity index (χ4n) is 9.94. The number of phosphoric ester groups is 2. The SMILES string of the molecule is C/C=C(/C)CC/C=C(/C)CC/C=C(/C)CC/C=C(/C)CC/C=C(/C)CC/C=C(/C)CC/C=C(/C)CC/C=C(/C)CC/C=C(\C)CC/C=C(\C)CC/C=C(\C)COP(=O)([O-])OP(=O)([O-])O[C@H]1O[C@H](CO)[C@@H](O)[C@H](O[C@@H]2O[C@@H](C)[C@@H](O)[C@@H](O)[C@@H]2OC(C)=O)[C@H]1O. The number of ether oxygens (including phenoxy) is 4. The fourth-order valence-corrected chi connectivity index (χ4v) is 12.1. The van der Waals surface area contributed by atoms with Gasteiger partial charge in [0, 0.05) is 6.92 Å². The first-order valence-electron chi connectivity index (χ1n) is 31.8. The molecule has 2 saturated heterocycles. The Kier molecular flexibility index (Phi) is 39.8. The van der Waals surface area contributed by atoms with E-state index in [9.17, 15) is 49.2 Å². The van der Waals surface area contributed by atoms with Gasteiger partial charge in [-0.3, -0.25) is 18.4 Å². The smallest absolute Gasteiger partial charge is 0.303 e. The molecular formula is C69H112O17P2-2. The number of hydrogen-bond donors (Lipinski definition) is 5. The van der Waals surface area contributed by atoms with E-state index >= 15 is 0 Å². The molecule has 0 aromatic heterocycles. The summed E-state index contributed by atoms with van der Waals surface area (Å²) in [7, 11) is -11.5. The van der Waals surface area contributed by atoms with Crippen LogP contribution in [-0.2, 0) is 46.2 Å². The number of aliphatic hydroxyl groups excluding tert-OH is 5. The number of hydrogen-bond acceptors (Lipinski definition) is 17. The maximum Gasteiger partial charge on any atom is 0.303 e. The predicted molar refractivity (Wildman–Crippen MR) is 347 cm³/mol. The Morgan fingerprint density at radius 3 is 1.09 bits per heavy atom. The van der Waals surface area contributed by atoms with Gasteiger partial charge in [0.2, 0.25) is 0 Å². The summed E-state index contributed by atoms with van der Waals surface area (Å²) in [6.07, 6.45) is 28.2. The molecular weight excluding hydrogens is 1160 g/mol. The van der Waals surface area contributed by atoms with Crippen LogP contribution >= 0.6 is 15.6 Å². The minimum atomic E-state index is -5.92. The molecule has 2 fully saturated rings. The molecule has 0 saturated carbocycles. The molecule has 0 bridgehead atoms. The minimum absolute atomic E-state index is 0.475. The van der Waals surface area contributed by atoms with E-state index in [1.165, 1.54) is 57.1 Å². The lowest BCUT2D eigenvalue weighted by Gasteiger charge is -2.47. The Balaban J connectivity index is 1.67. The van der Waals surface area contributed by atoms with Crippen molar-refractivity contribution in [3.05, 3.63) is 128 Å². The zero-order chi connectivity index (χ0) is 66.0. The van der Waals surface area contributed by atoms with Gasteiger partial charge in [0.1, 0.15) is 36.6 Å². The summed E-state index contributed by atoms with van der Waals surface area (Å²) in [4.78, 5) is 37.2. The van der Waals surface area contributed by atoms with Crippen LogP contribution in [-0.4, -0.2) is 106 Å². The van der Waals surface area contributed by atoms with E-state index in [1.54, 1.807) is 13.0 Å². The van der Waals surface area contributed by atoms with Crippen LogP contribution in [0, 0.1) is 0 Å². The van der Waals surface area contributed by atoms with E-state index < -0.39 is 96.2 Å². The second-order valence-electron chi connectivity index (χ2n) is 24.5. The molecule has 0 amide bonds. The molecule has 0 spiro atoms. The zero-order valence-electron chi connectivity index (χ0n) is 55.7. The van der Waals surface area contributed by atoms with Gasteiger partial charge in [-0.05, 0) is 218 Å². The highest BCUT2D eigenvalue weighted by molar-refractivity contribution is 7.59. The highest BCUT2D eigenvalue weighted by Gasteiger charge is 2.52. The first-order chi connectivity index (χ1) is 41.5. The summed E-state index contributed by atoms with van der Waals surface area (Å²) in [6, 6.07) is 0. The van der Waals surface area contributed by atoms with Crippen molar-refractivity contribution in [1.82, 2.24) is 0 Å². The summed E-state index contributed by atoms with van der Waals surface area (Å²) < 4.78 is 60.5. The van der Waals surface area contributed by atoms with Crippen LogP contribution in [0.4, 0.5) is 0 Å². The number of esters is 1. The Hall–Kier alpha value is -3.45. The highest BCUT2D eigenvalue weighted by Crippen LogP contribution is 2.57. The molecule has 2 heterocycles. The molecule has 0 radical (unpaired) electrons. The quantitative estimate of drug-likeness (QED) is 0.0216. The molecule has 0 aliphatic carbocycles. The van der Waals surface area contributed by atoms with E-state index in [1.807, 2.05) is 6.92 Å². The first-order valence-corrected chi connectivity index (χ1v) is 34.7. The van der Waals surface area contributed by atoms with Gasteiger partial charge >= 0.3 is 5.97 Å². The van der Waals surface area contributed by atoms with Crippen LogP contribution in [0.25, 0.3) is 0 Å². The van der Waals surface area contributed by atoms with Crippen LogP contribution in [0.5, 0.6) is 0 Å². The van der Waals surface area contributed by atoms with Gasteiger partial charge in [-0.1, -0.05) is 128 Å². The molecule has 2 rings (SSSR count). The fraction of sp³-hybridized carbons (Fsp3) is 0.667. The standard InChI is InChI=1S/C69H114O17P2/c1-15-48(2)26-16-27-49(3)28-17-29-50(4)30-18-31-51(5)32-19-33-52(6)34-20-35-53(7)36-21-37-54(8)38-22-39-55(9)40-23-41-56(10)42-24-43-57(11)44-25-45-58(12)47-80-87(76,77)86-88(78,79)85-68-65(75)66(63(73)61(46-70)83-68)84-69-67(82-60(14)71)64(74)62(72)59(13)81-69/h15,27,29,31,33,35,37,39,41,43,45,59,61-70,72-75H,16-26,28,30,32,34,36,38,40,42,44,46-47H2,1-14H3,(H,76,77)(H,78,79)/p-2/b48-15-,49-27-,50-29-,51-31-,52-33-,53-35-,54-37-,55-39-,56-41+,57-43+,58-45+/t59-,61+,62+,63+,64+,65+,66-,67-,68+,69-/m0/s1. The number of allylic oxidation sites excluding steroid dienone is 21. The lowest BCUT2D eigenvalue weighted by Crippen LogP contribution is -2.64. The summed E-state index contributed by atoms with van der Waals surface area (Å²) in [5, 5.41) is 52.4. The van der Waals surface area contributed by atoms with E-state index in [0.29, 0.717) is 18.4 Å². The Morgan fingerprint density at radius 2 is 0.773 bits per heavy atom. The van der Waals surface area contributed by atoms with Gasteiger partial charge in [-0.25, -0.2) is 4.31 Å². The average molecular weight is 1280 g/mol. The predicted octanol–water partition coefficient (Wildman–Crippen LogP) is 14.4. The van der Waals surface area contributed by atoms with Crippen molar-refractivity contribution in [2.75, 3.05) is 13.2 Å². The number of aliphatic hydroxyl groups is 5. The molecule has 5 N–H and O–H groups in total. The molecule has 0 aromatic carbocycles. The average Bonchev–Trinajstić information content (AvgIpc) is 1.15. The summed E-state index contributed by atoms with van der Waals surface area (Å²) >= 11 is 0. The lowest BCUT2D eigenvalue weighted by atomic mass is 9.97. The second-order valence-corrected chi connectivity index (χ2v) is 27.4. The van der Waals surface area contributed by atoms with E-state index in [2.05, 4.69) is 134 Å². The normalized spacial score (nSPS) is 26.1. The molecule has 88 heavy (non-hydrogen) atoms. The van der Waals surface area contributed by atoms with Gasteiger partial charge in [0.15, 0.2) is 18.7 Å². The Morgan fingerprint density at radius 1 is 0.443 bits per heavy atom. The summed E-state index contributed by atoms with van der Waals surface area (Å²) in [6.45, 7) is 26.8. The number of rotatable bonds is 41. The maximum absolute atomic E-state index is 12.8. The molecule has 502 valence electrons. The lowest BCUT2D eigenvalue weighted by molar-refractivity contribution is -0.355. The van der Waals surface area contributed by atoms with E-state index in [0.717, 1.165) is 128 Å². The van der Waals surface area contributed by atoms with Gasteiger partial charge in [-0.2, -0.15) is 0 Å². The van der Waals surface area contributed by atoms with Crippen molar-refractivity contribution in [3.63, 3.8) is 0 Å². The van der Waals surface area contributed by atoms with Crippen molar-refractivity contribution < 1.29 is 81.5 Å². The third-order valence-electron chi connectivity index (χ3n) is 15.9. The minimum Gasteiger partial charge on any atom is -0.756 e. The largest absolute Gasteiger partial charge is 0.756 e. The van der Waals surface area contributed by atoms with Crippen molar-refractivity contribution >= 4 is 21.6 Å². The third kappa shape index (κ3) is 34.8. The topological polar surface area (TPSA) is 263 Å². The van der Waals surface area contributed by atoms with Crippen molar-refractivity contribution in [2.45, 2.75) is 287 Å². The molecule has 2 aliphatic heterocycles. The Bertz CT molecular complexity index is 2570. The molecule has 19 heteroatoms. The van der Waals surface area contributed by atoms with E-state index in [-0.39, 0.29) is 0 Å². The molecule has 2 unspecified atom stereocenters. The number of phosphoric acid groups is 2. The van der Waals surface area contributed by atoms with Gasteiger partial charge in [0.25, 0.3) is 15.6 Å². The maximum atomic E-state index is 12.8. The Labute approximate surface area is 529 Å². The summed E-state index contributed by atoms with van der Waals surface area (Å²) in [5.41, 5.74) is 14.7. The van der Waals surface area contributed by atoms with Gasteiger partial charge < -0.3 is 58.8 Å². The second kappa shape index (κ2) is 43.4. The van der Waals surface area contributed by atoms with Crippen LogP contribution < -0.4 is 9.79 Å². The van der Waals surface area contributed by atoms with Crippen LogP contribution in [0.2, 0.25) is 0 Å². The zero-order valence-corrected chi connectivity index (χ0v) is 57.5. The molecule has 17 nitrogen and oxygen atoms in total. The summed E-state index contributed by atoms with van der Waals surface area (Å²) in [5.74, 6) is -0.910. The van der Waals surface area contributed by atoms with E-state index in [4.69, 9.17) is 28.0 Å². The van der Waals surface area contributed by atoms with Crippen molar-refractivity contribution in [3.8, 4) is 0 Å². The molecule has 0 aromatic rings. The monoisotopic (exact) mass is 1270 g/mol. The van der Waals surface area contributed by atoms with Crippen molar-refractivity contribution in [2.24, 2.45) is 0 Å². The van der Waals surface area contributed by atoms with Crippen LogP contribution in [0.3, 0.4) is 0 Å². The van der Waals surface area contributed by atoms with Crippen molar-refractivity contribution in [1.29, 1.82) is 0 Å². The molecule has 2 aliphatic rings. The number of carbonyl (C=O) groups excluding carboxylic acids is 1. The van der Waals surface area contributed by atoms with Crippen LogP contribution in [0.15, 0.2) is 128 Å². The third-order valence-corrected chi connectivity index (χ3v) is 18.4. The molecule has 12 atom stereocenters.